The Morgan fingerprint density at radius 2 is 2.17 bits per heavy atom. The molecule has 3 N–H and O–H groups in total. The third-order valence-electron chi connectivity index (χ3n) is 5.16. The Balaban J connectivity index is 1.47. The van der Waals surface area contributed by atoms with Gasteiger partial charge in [0.2, 0.25) is 0 Å². The van der Waals surface area contributed by atoms with Crippen molar-refractivity contribution in [3.05, 3.63) is 18.5 Å². The molecule has 0 atom stereocenters. The summed E-state index contributed by atoms with van der Waals surface area (Å²) in [5, 5.41) is 14.6. The fourth-order valence-corrected chi connectivity index (χ4v) is 3.68. The van der Waals surface area contributed by atoms with Gasteiger partial charge in [0.15, 0.2) is 5.65 Å². The van der Waals surface area contributed by atoms with Crippen LogP contribution < -0.4 is 16.0 Å². The second-order valence-corrected chi connectivity index (χ2v) is 6.62. The Bertz CT molecular complexity index is 729. The number of urea groups is 1. The third kappa shape index (κ3) is 2.65. The lowest BCUT2D eigenvalue weighted by Gasteiger charge is -2.31. The quantitative estimate of drug-likeness (QED) is 0.804. The van der Waals surface area contributed by atoms with Gasteiger partial charge >= 0.3 is 6.03 Å². The van der Waals surface area contributed by atoms with E-state index in [1.165, 1.54) is 0 Å². The number of pyridine rings is 1. The molecule has 2 aromatic heterocycles. The number of nitrogens with one attached hydrogen (secondary N) is 3. The van der Waals surface area contributed by atoms with E-state index >= 15 is 0 Å². The molecule has 2 aromatic rings. The number of anilines is 1. The topological polar surface area (TPSA) is 83.9 Å². The van der Waals surface area contributed by atoms with Crippen molar-refractivity contribution in [2.24, 2.45) is 13.0 Å². The van der Waals surface area contributed by atoms with E-state index in [1.807, 2.05) is 13.1 Å². The first-order valence-corrected chi connectivity index (χ1v) is 8.25. The third-order valence-corrected chi connectivity index (χ3v) is 5.16. The minimum absolute atomic E-state index is 0.00721. The number of carbonyl (C=O) groups is 1. The molecule has 0 aromatic carbocycles. The van der Waals surface area contributed by atoms with Gasteiger partial charge in [0.1, 0.15) is 0 Å². The van der Waals surface area contributed by atoms with Crippen molar-refractivity contribution in [1.82, 2.24) is 25.4 Å². The largest absolute Gasteiger partial charge is 0.332 e. The number of rotatable bonds is 3. The van der Waals surface area contributed by atoms with Crippen LogP contribution in [0.1, 0.15) is 25.7 Å². The van der Waals surface area contributed by atoms with E-state index in [9.17, 15) is 4.79 Å². The number of amides is 2. The van der Waals surface area contributed by atoms with Crippen LogP contribution in [0.25, 0.3) is 11.0 Å². The van der Waals surface area contributed by atoms with Crippen LogP contribution in [0.4, 0.5) is 10.5 Å². The van der Waals surface area contributed by atoms with E-state index in [0.717, 1.165) is 55.5 Å². The maximum atomic E-state index is 12.5. The van der Waals surface area contributed by atoms with Crippen LogP contribution in [0.2, 0.25) is 0 Å². The zero-order valence-corrected chi connectivity index (χ0v) is 13.3. The molecule has 1 aliphatic heterocycles. The minimum Gasteiger partial charge on any atom is -0.332 e. The van der Waals surface area contributed by atoms with Gasteiger partial charge in [0, 0.05) is 18.8 Å². The van der Waals surface area contributed by atoms with E-state index in [2.05, 4.69) is 26.0 Å². The molecule has 1 aliphatic carbocycles. The van der Waals surface area contributed by atoms with Crippen molar-refractivity contribution in [2.75, 3.05) is 18.4 Å². The molecule has 122 valence electrons. The normalized spacial score (nSPS) is 20.4. The Hall–Kier alpha value is -2.15. The van der Waals surface area contributed by atoms with Gasteiger partial charge in [-0.3, -0.25) is 4.68 Å². The molecule has 0 unspecified atom stereocenters. The number of hydrogen-bond donors (Lipinski definition) is 3. The van der Waals surface area contributed by atoms with Gasteiger partial charge in [-0.2, -0.15) is 5.10 Å². The zero-order chi connectivity index (χ0) is 15.9. The number of hydrogen-bond acceptors (Lipinski definition) is 4. The molecule has 0 bridgehead atoms. The SMILES string of the molecule is Cn1ncc2c(NC(=O)NC3(C4CCNCC4)CC3)ccnc21. The van der Waals surface area contributed by atoms with Crippen molar-refractivity contribution in [1.29, 1.82) is 0 Å². The summed E-state index contributed by atoms with van der Waals surface area (Å²) in [6, 6.07) is 1.69. The predicted octanol–water partition coefficient (Wildman–Crippen LogP) is 1.62. The highest BCUT2D eigenvalue weighted by Crippen LogP contribution is 2.46. The molecular formula is C16H22N6O. The fraction of sp³-hybridized carbons (Fsp3) is 0.562. The van der Waals surface area contributed by atoms with Gasteiger partial charge in [-0.25, -0.2) is 9.78 Å². The first kappa shape index (κ1) is 14.4. The van der Waals surface area contributed by atoms with E-state index in [-0.39, 0.29) is 11.6 Å². The molecule has 0 spiro atoms. The molecule has 7 nitrogen and oxygen atoms in total. The van der Waals surface area contributed by atoms with Gasteiger partial charge in [-0.1, -0.05) is 0 Å². The Morgan fingerprint density at radius 1 is 1.39 bits per heavy atom. The average molecular weight is 314 g/mol. The van der Waals surface area contributed by atoms with E-state index in [0.29, 0.717) is 5.92 Å². The summed E-state index contributed by atoms with van der Waals surface area (Å²) < 4.78 is 1.70. The summed E-state index contributed by atoms with van der Waals surface area (Å²) in [4.78, 5) is 16.8. The monoisotopic (exact) mass is 314 g/mol. The average Bonchev–Trinajstić information content (AvgIpc) is 3.25. The molecule has 7 heteroatoms. The molecule has 3 heterocycles. The van der Waals surface area contributed by atoms with Crippen LogP contribution in [0.5, 0.6) is 0 Å². The molecule has 2 fully saturated rings. The summed E-state index contributed by atoms with van der Waals surface area (Å²) in [5.74, 6) is 0.588. The number of nitrogens with zero attached hydrogens (tertiary/aromatic N) is 3. The second kappa shape index (κ2) is 5.49. The Morgan fingerprint density at radius 3 is 2.91 bits per heavy atom. The van der Waals surface area contributed by atoms with E-state index in [4.69, 9.17) is 0 Å². The summed E-state index contributed by atoms with van der Waals surface area (Å²) in [6.07, 6.45) is 7.88. The summed E-state index contributed by atoms with van der Waals surface area (Å²) in [5.41, 5.74) is 1.52. The lowest BCUT2D eigenvalue weighted by Crippen LogP contribution is -2.47. The van der Waals surface area contributed by atoms with Crippen LogP contribution in [0, 0.1) is 5.92 Å². The van der Waals surface area contributed by atoms with E-state index in [1.54, 1.807) is 17.1 Å². The van der Waals surface area contributed by atoms with Crippen LogP contribution in [-0.4, -0.2) is 39.4 Å². The highest BCUT2D eigenvalue weighted by Gasteiger charge is 2.50. The van der Waals surface area contributed by atoms with E-state index < -0.39 is 0 Å². The zero-order valence-electron chi connectivity index (χ0n) is 13.3. The molecule has 1 saturated heterocycles. The van der Waals surface area contributed by atoms with Crippen molar-refractivity contribution in [3.63, 3.8) is 0 Å². The Kier molecular flexibility index (Phi) is 3.45. The van der Waals surface area contributed by atoms with Gasteiger partial charge < -0.3 is 16.0 Å². The first-order chi connectivity index (χ1) is 11.2. The molecule has 2 amide bonds. The molecule has 23 heavy (non-hydrogen) atoms. The lowest BCUT2D eigenvalue weighted by atomic mass is 9.88. The summed E-state index contributed by atoms with van der Waals surface area (Å²) >= 11 is 0. The molecule has 2 aliphatic rings. The standard InChI is InChI=1S/C16H22N6O/c1-22-14-12(10-19-22)13(4-9-18-14)20-15(23)21-16(5-6-16)11-2-7-17-8-3-11/h4,9-11,17H,2-3,5-8H2,1H3,(H2,18,20,21,23). The maximum Gasteiger partial charge on any atom is 0.319 e. The van der Waals surface area contributed by atoms with Crippen LogP contribution >= 0.6 is 0 Å². The molecule has 1 saturated carbocycles. The molecule has 4 rings (SSSR count). The van der Waals surface area contributed by atoms with Crippen molar-refractivity contribution >= 4 is 22.8 Å². The number of piperidine rings is 1. The first-order valence-electron chi connectivity index (χ1n) is 8.25. The van der Waals surface area contributed by atoms with Gasteiger partial charge in [-0.05, 0) is 50.8 Å². The highest BCUT2D eigenvalue weighted by atomic mass is 16.2. The summed E-state index contributed by atoms with van der Waals surface area (Å²) in [7, 11) is 1.84. The highest BCUT2D eigenvalue weighted by molar-refractivity contribution is 5.99. The molecular weight excluding hydrogens is 292 g/mol. The smallest absolute Gasteiger partial charge is 0.319 e. The van der Waals surface area contributed by atoms with Gasteiger partial charge in [0.05, 0.1) is 17.3 Å². The Labute approximate surface area is 134 Å². The number of aryl methyl sites for hydroxylation is 1. The molecule has 0 radical (unpaired) electrons. The van der Waals surface area contributed by atoms with Crippen molar-refractivity contribution in [3.8, 4) is 0 Å². The lowest BCUT2D eigenvalue weighted by molar-refractivity contribution is 0.228. The van der Waals surface area contributed by atoms with Crippen LogP contribution in [0.15, 0.2) is 18.5 Å². The fourth-order valence-electron chi connectivity index (χ4n) is 3.68. The number of aromatic nitrogens is 3. The maximum absolute atomic E-state index is 12.5. The summed E-state index contributed by atoms with van der Waals surface area (Å²) in [6.45, 7) is 2.10. The minimum atomic E-state index is -0.127. The van der Waals surface area contributed by atoms with Gasteiger partial charge in [-0.15, -0.1) is 0 Å². The van der Waals surface area contributed by atoms with Crippen molar-refractivity contribution < 1.29 is 4.79 Å². The predicted molar refractivity (Wildman–Crippen MR) is 88.2 cm³/mol. The van der Waals surface area contributed by atoms with Gasteiger partial charge in [0.25, 0.3) is 0 Å². The second-order valence-electron chi connectivity index (χ2n) is 6.62. The van der Waals surface area contributed by atoms with Crippen LogP contribution in [0.3, 0.4) is 0 Å². The number of fused-ring (bicyclic) bond motifs is 1. The number of carbonyl (C=O) groups excluding carboxylic acids is 1. The van der Waals surface area contributed by atoms with Crippen molar-refractivity contribution in [2.45, 2.75) is 31.2 Å². The van der Waals surface area contributed by atoms with Crippen LogP contribution in [-0.2, 0) is 7.05 Å².